The molecule has 0 spiro atoms. The predicted octanol–water partition coefficient (Wildman–Crippen LogP) is 2.82. The second-order valence-corrected chi connectivity index (χ2v) is 7.81. The van der Waals surface area contributed by atoms with Gasteiger partial charge in [-0.1, -0.05) is 40.2 Å². The molecule has 4 nitrogen and oxygen atoms in total. The molecule has 0 aliphatic carbocycles. The highest BCUT2D eigenvalue weighted by atomic mass is 79.9. The highest BCUT2D eigenvalue weighted by Gasteiger charge is 2.29. The lowest BCUT2D eigenvalue weighted by Gasteiger charge is -2.31. The van der Waals surface area contributed by atoms with E-state index in [1.54, 1.807) is 4.90 Å². The van der Waals surface area contributed by atoms with Crippen LogP contribution in [0.5, 0.6) is 0 Å². The van der Waals surface area contributed by atoms with Crippen molar-refractivity contribution in [3.05, 3.63) is 69.2 Å². The smallest absolute Gasteiger partial charge is 0.254 e. The molecule has 1 amide bonds. The summed E-state index contributed by atoms with van der Waals surface area (Å²) in [5.41, 5.74) is 4.53. The first-order valence-corrected chi connectivity index (χ1v) is 9.44. The summed E-state index contributed by atoms with van der Waals surface area (Å²) in [6.07, 6.45) is 0.484. The van der Waals surface area contributed by atoms with Crippen molar-refractivity contribution in [3.8, 4) is 0 Å². The normalized spacial score (nSPS) is 18.2. The number of hydrogen-bond donors (Lipinski definition) is 1. The van der Waals surface area contributed by atoms with Gasteiger partial charge >= 0.3 is 0 Å². The van der Waals surface area contributed by atoms with Crippen molar-refractivity contribution in [1.29, 1.82) is 0 Å². The van der Waals surface area contributed by atoms with E-state index < -0.39 is 6.10 Å². The summed E-state index contributed by atoms with van der Waals surface area (Å²) in [7, 11) is 0. The van der Waals surface area contributed by atoms with Crippen LogP contribution >= 0.6 is 15.9 Å². The molecular formula is C20H21BrN2O2. The number of benzene rings is 2. The van der Waals surface area contributed by atoms with E-state index in [2.05, 4.69) is 45.1 Å². The maximum absolute atomic E-state index is 12.5. The second kappa shape index (κ2) is 6.90. The Morgan fingerprint density at radius 3 is 2.68 bits per heavy atom. The molecule has 0 fully saturated rings. The van der Waals surface area contributed by atoms with Crippen LogP contribution < -0.4 is 0 Å². The molecule has 0 saturated carbocycles. The standard InChI is InChI=1S/C20H21BrN2O2/c21-17-5-6-19-16(9-17)11-23(20(19)25)13-18(24)12-22-8-7-14-3-1-2-4-15(14)10-22/h1-6,9,18,24H,7-8,10-13H2/t18-/m1/s1. The molecule has 1 N–H and O–H groups in total. The van der Waals surface area contributed by atoms with E-state index in [0.717, 1.165) is 35.1 Å². The van der Waals surface area contributed by atoms with E-state index in [1.807, 2.05) is 18.2 Å². The molecule has 0 unspecified atom stereocenters. The Morgan fingerprint density at radius 2 is 1.84 bits per heavy atom. The Labute approximate surface area is 156 Å². The lowest BCUT2D eigenvalue weighted by molar-refractivity contribution is 0.0526. The van der Waals surface area contributed by atoms with Crippen LogP contribution in [0.25, 0.3) is 0 Å². The maximum Gasteiger partial charge on any atom is 0.254 e. The molecular weight excluding hydrogens is 380 g/mol. The predicted molar refractivity (Wildman–Crippen MR) is 100 cm³/mol. The van der Waals surface area contributed by atoms with Crippen LogP contribution in [0.1, 0.15) is 27.0 Å². The molecule has 2 heterocycles. The first kappa shape index (κ1) is 16.8. The van der Waals surface area contributed by atoms with Gasteiger partial charge in [0.05, 0.1) is 6.10 Å². The largest absolute Gasteiger partial charge is 0.390 e. The molecule has 4 rings (SSSR count). The fourth-order valence-corrected chi connectivity index (χ4v) is 4.23. The molecule has 25 heavy (non-hydrogen) atoms. The average Bonchev–Trinajstić information content (AvgIpc) is 2.89. The highest BCUT2D eigenvalue weighted by Crippen LogP contribution is 2.26. The number of amides is 1. The summed E-state index contributed by atoms with van der Waals surface area (Å²) in [6.45, 7) is 3.37. The van der Waals surface area contributed by atoms with E-state index in [4.69, 9.17) is 0 Å². The summed E-state index contributed by atoms with van der Waals surface area (Å²) in [6, 6.07) is 14.2. The quantitative estimate of drug-likeness (QED) is 0.857. The summed E-state index contributed by atoms with van der Waals surface area (Å²) < 4.78 is 0.980. The molecule has 2 aliphatic rings. The highest BCUT2D eigenvalue weighted by molar-refractivity contribution is 9.10. The number of halogens is 1. The van der Waals surface area contributed by atoms with Gasteiger partial charge in [0.1, 0.15) is 0 Å². The number of fused-ring (bicyclic) bond motifs is 2. The Bertz CT molecular complexity index is 808. The van der Waals surface area contributed by atoms with E-state index in [0.29, 0.717) is 19.6 Å². The summed E-state index contributed by atoms with van der Waals surface area (Å²) in [5, 5.41) is 10.5. The third-order valence-corrected chi connectivity index (χ3v) is 5.55. The van der Waals surface area contributed by atoms with Gasteiger partial charge in [-0.25, -0.2) is 0 Å². The maximum atomic E-state index is 12.5. The van der Waals surface area contributed by atoms with Gasteiger partial charge < -0.3 is 10.0 Å². The van der Waals surface area contributed by atoms with E-state index in [1.165, 1.54) is 11.1 Å². The molecule has 130 valence electrons. The molecule has 2 aliphatic heterocycles. The molecule has 2 aromatic carbocycles. The molecule has 2 aromatic rings. The molecule has 0 bridgehead atoms. The minimum atomic E-state index is -0.535. The van der Waals surface area contributed by atoms with Gasteiger partial charge in [-0.05, 0) is 41.3 Å². The van der Waals surface area contributed by atoms with Gasteiger partial charge in [0.2, 0.25) is 0 Å². The van der Waals surface area contributed by atoms with E-state index >= 15 is 0 Å². The Balaban J connectivity index is 1.36. The number of carbonyl (C=O) groups is 1. The Morgan fingerprint density at radius 1 is 1.04 bits per heavy atom. The first-order valence-electron chi connectivity index (χ1n) is 8.65. The van der Waals surface area contributed by atoms with Crippen molar-refractivity contribution >= 4 is 21.8 Å². The molecule has 0 aromatic heterocycles. The topological polar surface area (TPSA) is 43.8 Å². The zero-order valence-electron chi connectivity index (χ0n) is 14.0. The fraction of sp³-hybridized carbons (Fsp3) is 0.350. The van der Waals surface area contributed by atoms with Crippen LogP contribution in [-0.4, -0.2) is 46.6 Å². The lowest BCUT2D eigenvalue weighted by atomic mass is 10.00. The van der Waals surface area contributed by atoms with Gasteiger partial charge in [-0.15, -0.1) is 0 Å². The summed E-state index contributed by atoms with van der Waals surface area (Å²) in [5.74, 6) is 0.0190. The minimum absolute atomic E-state index is 0.0190. The van der Waals surface area contributed by atoms with Gasteiger partial charge in [0, 0.05) is 42.8 Å². The van der Waals surface area contributed by atoms with Crippen LogP contribution in [0.15, 0.2) is 46.9 Å². The zero-order chi connectivity index (χ0) is 17.4. The fourth-order valence-electron chi connectivity index (χ4n) is 3.82. The number of carbonyl (C=O) groups excluding carboxylic acids is 1. The van der Waals surface area contributed by atoms with Gasteiger partial charge in [-0.2, -0.15) is 0 Å². The average molecular weight is 401 g/mol. The van der Waals surface area contributed by atoms with E-state index in [-0.39, 0.29) is 5.91 Å². The van der Waals surface area contributed by atoms with Crippen molar-refractivity contribution in [2.24, 2.45) is 0 Å². The molecule has 0 radical (unpaired) electrons. The zero-order valence-corrected chi connectivity index (χ0v) is 15.6. The van der Waals surface area contributed by atoms with E-state index in [9.17, 15) is 9.90 Å². The Kier molecular flexibility index (Phi) is 4.63. The van der Waals surface area contributed by atoms with Crippen LogP contribution in [-0.2, 0) is 19.5 Å². The van der Waals surface area contributed by atoms with Gasteiger partial charge in [-0.3, -0.25) is 9.69 Å². The summed E-state index contributed by atoms with van der Waals surface area (Å²) in [4.78, 5) is 16.5. The van der Waals surface area contributed by atoms with Gasteiger partial charge in [0.15, 0.2) is 0 Å². The monoisotopic (exact) mass is 400 g/mol. The summed E-state index contributed by atoms with van der Waals surface area (Å²) >= 11 is 3.45. The van der Waals surface area contributed by atoms with Crippen molar-refractivity contribution in [2.45, 2.75) is 25.6 Å². The SMILES string of the molecule is O=C1c2ccc(Br)cc2CN1C[C@H](O)CN1CCc2ccccc2C1. The minimum Gasteiger partial charge on any atom is -0.390 e. The van der Waals surface area contributed by atoms with Crippen molar-refractivity contribution in [1.82, 2.24) is 9.80 Å². The Hall–Kier alpha value is -1.69. The van der Waals surface area contributed by atoms with Crippen LogP contribution in [0, 0.1) is 0 Å². The third kappa shape index (κ3) is 3.50. The number of hydrogen-bond acceptors (Lipinski definition) is 3. The first-order chi connectivity index (χ1) is 12.1. The van der Waals surface area contributed by atoms with Crippen LogP contribution in [0.4, 0.5) is 0 Å². The van der Waals surface area contributed by atoms with Crippen LogP contribution in [0.3, 0.4) is 0 Å². The van der Waals surface area contributed by atoms with Gasteiger partial charge in [0.25, 0.3) is 5.91 Å². The number of aliphatic hydroxyl groups is 1. The second-order valence-electron chi connectivity index (χ2n) is 6.89. The number of nitrogens with zero attached hydrogens (tertiary/aromatic N) is 2. The van der Waals surface area contributed by atoms with Crippen molar-refractivity contribution in [2.75, 3.05) is 19.6 Å². The molecule has 0 saturated heterocycles. The van der Waals surface area contributed by atoms with Crippen molar-refractivity contribution < 1.29 is 9.90 Å². The number of rotatable bonds is 4. The number of β-amino-alcohol motifs (C(OH)–C–C–N with tert-alkyl or cyclic N) is 1. The lowest BCUT2D eigenvalue weighted by Crippen LogP contribution is -2.42. The van der Waals surface area contributed by atoms with Crippen LogP contribution in [0.2, 0.25) is 0 Å². The molecule has 5 heteroatoms. The number of aliphatic hydroxyl groups excluding tert-OH is 1. The molecule has 1 atom stereocenters. The van der Waals surface area contributed by atoms with Crippen molar-refractivity contribution in [3.63, 3.8) is 0 Å². The third-order valence-electron chi connectivity index (χ3n) is 5.06.